The first-order valence-corrected chi connectivity index (χ1v) is 5.86. The molecule has 1 saturated heterocycles. The van der Waals surface area contributed by atoms with E-state index in [0.717, 1.165) is 32.6 Å². The summed E-state index contributed by atoms with van der Waals surface area (Å²) in [5.74, 6) is 0. The van der Waals surface area contributed by atoms with E-state index in [1.165, 1.54) is 0 Å². The molecule has 92 valence electrons. The van der Waals surface area contributed by atoms with Crippen LogP contribution in [-0.4, -0.2) is 71.5 Å². The molecule has 0 saturated carbocycles. The molecule has 0 aromatic carbocycles. The van der Waals surface area contributed by atoms with Gasteiger partial charge in [0, 0.05) is 32.7 Å². The Labute approximate surface area is 96.9 Å². The third-order valence-corrected chi connectivity index (χ3v) is 3.06. The highest BCUT2D eigenvalue weighted by atomic mass is 16.3. The van der Waals surface area contributed by atoms with E-state index in [2.05, 4.69) is 15.9 Å². The summed E-state index contributed by atoms with van der Waals surface area (Å²) in [5, 5.41) is 27.0. The average Bonchev–Trinajstić information content (AvgIpc) is 2.32. The molecule has 2 N–H and O–H groups in total. The van der Waals surface area contributed by atoms with Gasteiger partial charge in [0.2, 0.25) is 0 Å². The molecule has 0 spiro atoms. The molecule has 0 bridgehead atoms. The Bertz CT molecular complexity index is 234. The summed E-state index contributed by atoms with van der Waals surface area (Å²) >= 11 is 0. The van der Waals surface area contributed by atoms with Crippen molar-refractivity contribution in [3.8, 4) is 6.07 Å². The van der Waals surface area contributed by atoms with Gasteiger partial charge in [-0.1, -0.05) is 6.92 Å². The maximum absolute atomic E-state index is 9.32. The van der Waals surface area contributed by atoms with Gasteiger partial charge in [-0.2, -0.15) is 5.26 Å². The molecule has 1 aliphatic heterocycles. The predicted octanol–water partition coefficient (Wildman–Crippen LogP) is -0.741. The first-order valence-electron chi connectivity index (χ1n) is 5.86. The topological polar surface area (TPSA) is 70.7 Å². The largest absolute Gasteiger partial charge is 0.394 e. The number of aliphatic hydroxyl groups is 2. The van der Waals surface area contributed by atoms with E-state index in [4.69, 9.17) is 10.4 Å². The van der Waals surface area contributed by atoms with E-state index in [1.54, 1.807) is 0 Å². The number of piperazine rings is 1. The summed E-state index contributed by atoms with van der Waals surface area (Å²) in [6.07, 6.45) is 0.208. The molecule has 0 aromatic rings. The Hall–Kier alpha value is -0.670. The lowest BCUT2D eigenvalue weighted by Crippen LogP contribution is -2.51. The van der Waals surface area contributed by atoms with Gasteiger partial charge >= 0.3 is 0 Å². The number of nitrogens with zero attached hydrogens (tertiary/aromatic N) is 3. The van der Waals surface area contributed by atoms with Crippen LogP contribution in [0.5, 0.6) is 0 Å². The minimum atomic E-state index is -0.649. The number of hydrogen-bond acceptors (Lipinski definition) is 5. The zero-order valence-electron chi connectivity index (χ0n) is 9.84. The highest BCUT2D eigenvalue weighted by Gasteiger charge is 2.23. The SMILES string of the molecule is CCC(C#N)N1CCN(CC(O)CO)CC1. The van der Waals surface area contributed by atoms with Gasteiger partial charge in [-0.3, -0.25) is 9.80 Å². The summed E-state index contributed by atoms with van der Waals surface area (Å²) in [5.41, 5.74) is 0. The van der Waals surface area contributed by atoms with Gasteiger partial charge in [0.15, 0.2) is 0 Å². The lowest BCUT2D eigenvalue weighted by Gasteiger charge is -2.37. The van der Waals surface area contributed by atoms with Crippen LogP contribution < -0.4 is 0 Å². The Balaban J connectivity index is 2.31. The van der Waals surface area contributed by atoms with Gasteiger partial charge in [0.1, 0.15) is 0 Å². The molecular formula is C11H21N3O2. The number of hydrogen-bond donors (Lipinski definition) is 2. The van der Waals surface area contributed by atoms with Crippen molar-refractivity contribution in [3.63, 3.8) is 0 Å². The molecule has 0 aromatic heterocycles. The second-order valence-electron chi connectivity index (χ2n) is 4.23. The van der Waals surface area contributed by atoms with Crippen LogP contribution in [0.1, 0.15) is 13.3 Å². The fourth-order valence-corrected chi connectivity index (χ4v) is 2.04. The van der Waals surface area contributed by atoms with Crippen LogP contribution in [0.2, 0.25) is 0 Å². The van der Waals surface area contributed by atoms with Crippen molar-refractivity contribution in [1.29, 1.82) is 5.26 Å². The van der Waals surface area contributed by atoms with Gasteiger partial charge in [-0.05, 0) is 6.42 Å². The standard InChI is InChI=1S/C11H21N3O2/c1-2-10(7-12)14-5-3-13(4-6-14)8-11(16)9-15/h10-11,15-16H,2-6,8-9H2,1H3. The number of nitriles is 1. The molecule has 5 nitrogen and oxygen atoms in total. The Morgan fingerprint density at radius 2 is 1.94 bits per heavy atom. The average molecular weight is 227 g/mol. The van der Waals surface area contributed by atoms with Crippen LogP contribution in [0.15, 0.2) is 0 Å². The molecule has 0 radical (unpaired) electrons. The molecule has 1 aliphatic rings. The maximum Gasteiger partial charge on any atom is 0.0976 e. The molecule has 1 fully saturated rings. The van der Waals surface area contributed by atoms with E-state index < -0.39 is 6.10 Å². The summed E-state index contributed by atoms with van der Waals surface area (Å²) in [6.45, 7) is 5.80. The van der Waals surface area contributed by atoms with Crippen molar-refractivity contribution in [1.82, 2.24) is 9.80 Å². The predicted molar refractivity (Wildman–Crippen MR) is 60.8 cm³/mol. The normalized spacial score (nSPS) is 22.6. The van der Waals surface area contributed by atoms with Crippen LogP contribution in [0.4, 0.5) is 0 Å². The van der Waals surface area contributed by atoms with Crippen molar-refractivity contribution in [2.45, 2.75) is 25.5 Å². The Morgan fingerprint density at radius 1 is 1.31 bits per heavy atom. The zero-order valence-corrected chi connectivity index (χ0v) is 9.84. The van der Waals surface area contributed by atoms with Crippen LogP contribution in [-0.2, 0) is 0 Å². The zero-order chi connectivity index (χ0) is 12.0. The maximum atomic E-state index is 9.32. The van der Waals surface area contributed by atoms with Gasteiger partial charge < -0.3 is 10.2 Å². The summed E-state index contributed by atoms with van der Waals surface area (Å²) in [7, 11) is 0. The van der Waals surface area contributed by atoms with Gasteiger partial charge in [-0.15, -0.1) is 0 Å². The van der Waals surface area contributed by atoms with E-state index in [-0.39, 0.29) is 12.6 Å². The summed E-state index contributed by atoms with van der Waals surface area (Å²) < 4.78 is 0. The van der Waals surface area contributed by atoms with E-state index in [9.17, 15) is 5.11 Å². The summed E-state index contributed by atoms with van der Waals surface area (Å²) in [6, 6.07) is 2.32. The van der Waals surface area contributed by atoms with Crippen molar-refractivity contribution in [2.24, 2.45) is 0 Å². The molecule has 5 heteroatoms. The molecule has 1 heterocycles. The first kappa shape index (κ1) is 13.4. The molecular weight excluding hydrogens is 206 g/mol. The molecule has 2 unspecified atom stereocenters. The number of aliphatic hydroxyl groups excluding tert-OH is 2. The highest BCUT2D eigenvalue weighted by Crippen LogP contribution is 2.08. The third kappa shape index (κ3) is 3.72. The van der Waals surface area contributed by atoms with Gasteiger partial charge in [-0.25, -0.2) is 0 Å². The van der Waals surface area contributed by atoms with Crippen LogP contribution >= 0.6 is 0 Å². The fraction of sp³-hybridized carbons (Fsp3) is 0.909. The second-order valence-corrected chi connectivity index (χ2v) is 4.23. The van der Waals surface area contributed by atoms with Crippen molar-refractivity contribution >= 4 is 0 Å². The molecule has 0 aliphatic carbocycles. The monoisotopic (exact) mass is 227 g/mol. The molecule has 1 rings (SSSR count). The lowest BCUT2D eigenvalue weighted by atomic mass is 10.2. The van der Waals surface area contributed by atoms with E-state index >= 15 is 0 Å². The number of rotatable bonds is 5. The minimum Gasteiger partial charge on any atom is -0.394 e. The van der Waals surface area contributed by atoms with Crippen molar-refractivity contribution in [2.75, 3.05) is 39.3 Å². The molecule has 2 atom stereocenters. The fourth-order valence-electron chi connectivity index (χ4n) is 2.04. The molecule has 0 amide bonds. The van der Waals surface area contributed by atoms with Gasteiger partial charge in [0.25, 0.3) is 0 Å². The second kappa shape index (κ2) is 6.81. The van der Waals surface area contributed by atoms with Crippen LogP contribution in [0, 0.1) is 11.3 Å². The quantitative estimate of drug-likeness (QED) is 0.647. The van der Waals surface area contributed by atoms with E-state index in [0.29, 0.717) is 6.54 Å². The number of β-amino-alcohol motifs (C(OH)–C–C–N with tert-alkyl or cyclic N) is 1. The van der Waals surface area contributed by atoms with Crippen LogP contribution in [0.25, 0.3) is 0 Å². The van der Waals surface area contributed by atoms with Crippen LogP contribution in [0.3, 0.4) is 0 Å². The minimum absolute atomic E-state index is 0.0184. The Morgan fingerprint density at radius 3 is 2.38 bits per heavy atom. The summed E-state index contributed by atoms with van der Waals surface area (Å²) in [4.78, 5) is 4.31. The third-order valence-electron chi connectivity index (χ3n) is 3.06. The van der Waals surface area contributed by atoms with Crippen molar-refractivity contribution < 1.29 is 10.2 Å². The van der Waals surface area contributed by atoms with Gasteiger partial charge in [0.05, 0.1) is 24.8 Å². The smallest absolute Gasteiger partial charge is 0.0976 e. The Kier molecular flexibility index (Phi) is 5.71. The van der Waals surface area contributed by atoms with E-state index in [1.807, 2.05) is 6.92 Å². The lowest BCUT2D eigenvalue weighted by molar-refractivity contribution is 0.0353. The van der Waals surface area contributed by atoms with Crippen molar-refractivity contribution in [3.05, 3.63) is 0 Å². The highest BCUT2D eigenvalue weighted by molar-refractivity contribution is 4.92. The first-order chi connectivity index (χ1) is 7.71. The molecule has 16 heavy (non-hydrogen) atoms.